The molecule has 6 heteroatoms. The van der Waals surface area contributed by atoms with Crippen molar-refractivity contribution in [2.45, 2.75) is 98.1 Å². The first-order chi connectivity index (χ1) is 17.0. The van der Waals surface area contributed by atoms with Crippen molar-refractivity contribution >= 4 is 11.9 Å². The Hall–Kier alpha value is -2.34. The van der Waals surface area contributed by atoms with Gasteiger partial charge < -0.3 is 20.2 Å². The summed E-state index contributed by atoms with van der Waals surface area (Å²) in [6.45, 7) is 13.5. The Kier molecular flexibility index (Phi) is 5.57. The number of aliphatic hydroxyl groups is 2. The fourth-order valence-corrected chi connectivity index (χ4v) is 9.25. The molecule has 0 aromatic carbocycles. The zero-order chi connectivity index (χ0) is 27.3. The first-order valence-corrected chi connectivity index (χ1v) is 13.8. The Morgan fingerprint density at radius 1 is 0.973 bits per heavy atom. The van der Waals surface area contributed by atoms with Crippen LogP contribution in [0.4, 0.5) is 0 Å². The van der Waals surface area contributed by atoms with Gasteiger partial charge in [-0.3, -0.25) is 4.79 Å². The van der Waals surface area contributed by atoms with E-state index in [0.29, 0.717) is 5.92 Å². The van der Waals surface area contributed by atoms with E-state index in [9.17, 15) is 24.9 Å². The average Bonchev–Trinajstić information content (AvgIpc) is 2.84. The lowest BCUT2D eigenvalue weighted by Crippen LogP contribution is -2.64. The fraction of sp³-hybridized carbons (Fsp3) is 0.677. The fourth-order valence-electron chi connectivity index (χ4n) is 9.25. The summed E-state index contributed by atoms with van der Waals surface area (Å²) in [4.78, 5) is 25.5. The molecule has 0 spiro atoms. The summed E-state index contributed by atoms with van der Waals surface area (Å²) in [5.74, 6) is -1.84. The number of rotatable bonds is 1. The van der Waals surface area contributed by atoms with Crippen LogP contribution in [0.3, 0.4) is 0 Å². The summed E-state index contributed by atoms with van der Waals surface area (Å²) in [6, 6.07) is 0. The quantitative estimate of drug-likeness (QED) is 0.394. The number of aliphatic carboxylic acids is 1. The summed E-state index contributed by atoms with van der Waals surface area (Å²) in [5.41, 5.74) is 3.66. The summed E-state index contributed by atoms with van der Waals surface area (Å²) in [6.07, 6.45) is 12.0. The predicted molar refractivity (Wildman–Crippen MR) is 143 cm³/mol. The standard InChI is InChI=1S/C31H43NO5/c1-18-19-8-9-22-29(4,20(19)16-21(33)24(18)34)13-15-31(6)23-17-28(3,32(7)25(35)26(36)37)12-10-27(23,2)11-14-30(22,31)5/h8-9,16,21,23,33-34H,10-15,17H2,1-7H3,(H,36,37)/t21?,23-,27-,28-,29+,30-,31+/m1/s1. The number of fused-ring (bicyclic) bond motifs is 7. The molecule has 7 atom stereocenters. The third-order valence-electron chi connectivity index (χ3n) is 12.3. The number of aliphatic hydroxyl groups excluding tert-OH is 2. The number of amides is 1. The van der Waals surface area contributed by atoms with Gasteiger partial charge in [-0.25, -0.2) is 4.79 Å². The molecule has 1 unspecified atom stereocenters. The van der Waals surface area contributed by atoms with Gasteiger partial charge in [0.25, 0.3) is 0 Å². The van der Waals surface area contributed by atoms with Crippen LogP contribution in [0.2, 0.25) is 0 Å². The number of carboxylic acid groups (broad SMARTS) is 1. The van der Waals surface area contributed by atoms with Crippen LogP contribution in [0.5, 0.6) is 0 Å². The maximum absolute atomic E-state index is 12.5. The molecule has 3 N–H and O–H groups in total. The molecule has 0 saturated heterocycles. The Morgan fingerprint density at radius 2 is 1.62 bits per heavy atom. The summed E-state index contributed by atoms with van der Waals surface area (Å²) in [5, 5.41) is 30.5. The summed E-state index contributed by atoms with van der Waals surface area (Å²) >= 11 is 0. The molecule has 5 rings (SSSR count). The van der Waals surface area contributed by atoms with Crippen molar-refractivity contribution in [3.8, 4) is 0 Å². The van der Waals surface area contributed by atoms with Crippen molar-refractivity contribution < 1.29 is 24.9 Å². The number of carbonyl (C=O) groups excluding carboxylic acids is 1. The van der Waals surface area contributed by atoms with Gasteiger partial charge in [-0.15, -0.1) is 0 Å². The maximum atomic E-state index is 12.5. The highest BCUT2D eigenvalue weighted by Gasteiger charge is 2.67. The molecule has 37 heavy (non-hydrogen) atoms. The lowest BCUT2D eigenvalue weighted by molar-refractivity contribution is -0.175. The third kappa shape index (κ3) is 3.26. The molecule has 5 aliphatic rings. The van der Waals surface area contributed by atoms with Gasteiger partial charge in [-0.05, 0) is 104 Å². The number of nitrogens with zero attached hydrogens (tertiary/aromatic N) is 1. The average molecular weight is 510 g/mol. The van der Waals surface area contributed by atoms with Crippen LogP contribution < -0.4 is 0 Å². The SMILES string of the molecule is CC1=C(O)C(O)C=C2C1=CC=C1[C@@]2(C)CC[C@@]2(C)[C@@H]3C[C@](C)(N(C)C(=O)C(=O)O)CC[C@]3(C)CC[C@]12C. The number of hydrogen-bond donors (Lipinski definition) is 3. The molecular weight excluding hydrogens is 466 g/mol. The summed E-state index contributed by atoms with van der Waals surface area (Å²) in [7, 11) is 1.66. The van der Waals surface area contributed by atoms with E-state index in [2.05, 4.69) is 46.8 Å². The van der Waals surface area contributed by atoms with Crippen molar-refractivity contribution in [1.29, 1.82) is 0 Å². The molecule has 3 fully saturated rings. The van der Waals surface area contributed by atoms with Crippen LogP contribution in [0.25, 0.3) is 0 Å². The second-order valence-electron chi connectivity index (χ2n) is 13.9. The minimum atomic E-state index is -1.39. The Labute approximate surface area is 220 Å². The van der Waals surface area contributed by atoms with E-state index in [4.69, 9.17) is 0 Å². The van der Waals surface area contributed by atoms with Crippen LogP contribution in [-0.4, -0.2) is 50.8 Å². The second-order valence-corrected chi connectivity index (χ2v) is 13.9. The van der Waals surface area contributed by atoms with Gasteiger partial charge in [0.2, 0.25) is 0 Å². The van der Waals surface area contributed by atoms with Gasteiger partial charge in [0, 0.05) is 18.0 Å². The molecule has 0 heterocycles. The highest BCUT2D eigenvalue weighted by atomic mass is 16.4. The van der Waals surface area contributed by atoms with Gasteiger partial charge in [0.05, 0.1) is 0 Å². The lowest BCUT2D eigenvalue weighted by atomic mass is 9.35. The number of carboxylic acids is 1. The molecule has 5 aliphatic carbocycles. The van der Waals surface area contributed by atoms with Crippen LogP contribution in [0, 0.1) is 27.6 Å². The van der Waals surface area contributed by atoms with E-state index in [0.717, 1.165) is 61.7 Å². The third-order valence-corrected chi connectivity index (χ3v) is 12.3. The second kappa shape index (κ2) is 7.84. The van der Waals surface area contributed by atoms with E-state index in [1.54, 1.807) is 7.05 Å². The molecule has 3 saturated carbocycles. The highest BCUT2D eigenvalue weighted by molar-refractivity contribution is 6.31. The van der Waals surface area contributed by atoms with Crippen molar-refractivity contribution in [2.75, 3.05) is 7.05 Å². The number of likely N-dealkylation sites (N-methyl/N-ethyl adjacent to an activating group) is 1. The predicted octanol–water partition coefficient (Wildman–Crippen LogP) is 5.70. The largest absolute Gasteiger partial charge is 0.509 e. The van der Waals surface area contributed by atoms with Crippen LogP contribution in [-0.2, 0) is 9.59 Å². The molecule has 202 valence electrons. The van der Waals surface area contributed by atoms with E-state index < -0.39 is 23.5 Å². The highest BCUT2D eigenvalue weighted by Crippen LogP contribution is 2.75. The van der Waals surface area contributed by atoms with Crippen molar-refractivity contribution in [3.05, 3.63) is 46.3 Å². The van der Waals surface area contributed by atoms with E-state index in [1.807, 2.05) is 13.0 Å². The van der Waals surface area contributed by atoms with Crippen LogP contribution >= 0.6 is 0 Å². The first kappa shape index (κ1) is 26.3. The minimum Gasteiger partial charge on any atom is -0.509 e. The number of carbonyl (C=O) groups is 2. The summed E-state index contributed by atoms with van der Waals surface area (Å²) < 4.78 is 0. The molecule has 0 bridgehead atoms. The van der Waals surface area contributed by atoms with E-state index in [1.165, 1.54) is 10.5 Å². The molecule has 1 amide bonds. The smallest absolute Gasteiger partial charge is 0.394 e. The lowest BCUT2D eigenvalue weighted by Gasteiger charge is -2.70. The van der Waals surface area contributed by atoms with Crippen LogP contribution in [0.15, 0.2) is 46.3 Å². The Morgan fingerprint density at radius 3 is 2.27 bits per heavy atom. The van der Waals surface area contributed by atoms with Gasteiger partial charge in [0.1, 0.15) is 11.9 Å². The zero-order valence-electron chi connectivity index (χ0n) is 23.4. The normalized spacial score (nSPS) is 44.8. The van der Waals surface area contributed by atoms with Gasteiger partial charge in [-0.1, -0.05) is 45.4 Å². The van der Waals surface area contributed by atoms with Gasteiger partial charge >= 0.3 is 11.9 Å². The molecule has 0 aromatic rings. The van der Waals surface area contributed by atoms with E-state index >= 15 is 0 Å². The zero-order valence-corrected chi connectivity index (χ0v) is 23.4. The molecular formula is C31H43NO5. The molecule has 6 nitrogen and oxygen atoms in total. The number of hydrogen-bond acceptors (Lipinski definition) is 4. The van der Waals surface area contributed by atoms with Gasteiger partial charge in [0.15, 0.2) is 0 Å². The molecule has 0 radical (unpaired) electrons. The molecule has 0 aliphatic heterocycles. The topological polar surface area (TPSA) is 98.1 Å². The Bertz CT molecular complexity index is 1210. The van der Waals surface area contributed by atoms with Crippen molar-refractivity contribution in [2.24, 2.45) is 27.6 Å². The van der Waals surface area contributed by atoms with E-state index in [-0.39, 0.29) is 27.4 Å². The van der Waals surface area contributed by atoms with Crippen molar-refractivity contribution in [1.82, 2.24) is 4.90 Å². The molecule has 0 aromatic heterocycles. The monoisotopic (exact) mass is 509 g/mol. The van der Waals surface area contributed by atoms with Crippen LogP contribution in [0.1, 0.15) is 86.5 Å². The minimum absolute atomic E-state index is 0.0215. The van der Waals surface area contributed by atoms with Crippen molar-refractivity contribution in [3.63, 3.8) is 0 Å². The van der Waals surface area contributed by atoms with Gasteiger partial charge in [-0.2, -0.15) is 0 Å². The Balaban J connectivity index is 1.59. The number of allylic oxidation sites excluding steroid dienone is 6. The maximum Gasteiger partial charge on any atom is 0.394 e. The first-order valence-electron chi connectivity index (χ1n) is 13.8.